The molecule has 15 heavy (non-hydrogen) atoms. The summed E-state index contributed by atoms with van der Waals surface area (Å²) in [5.41, 5.74) is 2.30. The zero-order valence-electron chi connectivity index (χ0n) is 9.16. The second-order valence-electron chi connectivity index (χ2n) is 3.52. The van der Waals surface area contributed by atoms with E-state index in [0.717, 1.165) is 11.1 Å². The van der Waals surface area contributed by atoms with Crippen LogP contribution >= 0.6 is 0 Å². The lowest BCUT2D eigenvalue weighted by Crippen LogP contribution is -2.05. The van der Waals surface area contributed by atoms with E-state index < -0.39 is 0 Å². The number of hydrogen-bond donors (Lipinski definition) is 0. The molecule has 3 nitrogen and oxygen atoms in total. The molecule has 0 saturated carbocycles. The van der Waals surface area contributed by atoms with Gasteiger partial charge in [-0.15, -0.1) is 0 Å². The minimum absolute atomic E-state index is 0.111. The van der Waals surface area contributed by atoms with Crippen LogP contribution in [0.1, 0.15) is 28.4 Å². The molecule has 0 unspecified atom stereocenters. The van der Waals surface area contributed by atoms with Gasteiger partial charge in [-0.1, -0.05) is 12.1 Å². The van der Waals surface area contributed by atoms with Crippen molar-refractivity contribution >= 4 is 11.8 Å². The van der Waals surface area contributed by atoms with Gasteiger partial charge < -0.3 is 4.74 Å². The van der Waals surface area contributed by atoms with Gasteiger partial charge in [-0.3, -0.25) is 4.79 Å². The summed E-state index contributed by atoms with van der Waals surface area (Å²) < 4.78 is 4.63. The predicted molar refractivity (Wildman–Crippen MR) is 56.9 cm³/mol. The van der Waals surface area contributed by atoms with Gasteiger partial charge in [0.05, 0.1) is 12.7 Å². The van der Waals surface area contributed by atoms with Gasteiger partial charge >= 0.3 is 5.97 Å². The third kappa shape index (κ3) is 2.91. The maximum absolute atomic E-state index is 11.3. The Balaban J connectivity index is 2.97. The van der Waals surface area contributed by atoms with Gasteiger partial charge in [0, 0.05) is 6.42 Å². The lowest BCUT2D eigenvalue weighted by molar-refractivity contribution is -0.116. The lowest BCUT2D eigenvalue weighted by atomic mass is 10.0. The number of hydrogen-bond acceptors (Lipinski definition) is 3. The summed E-state index contributed by atoms with van der Waals surface area (Å²) in [7, 11) is 1.35. The molecule has 0 aliphatic heterocycles. The van der Waals surface area contributed by atoms with Crippen molar-refractivity contribution in [1.82, 2.24) is 0 Å². The average Bonchev–Trinajstić information content (AvgIpc) is 2.16. The van der Waals surface area contributed by atoms with Crippen molar-refractivity contribution in [2.45, 2.75) is 20.3 Å². The van der Waals surface area contributed by atoms with Crippen LogP contribution in [0.2, 0.25) is 0 Å². The maximum atomic E-state index is 11.3. The standard InChI is InChI=1S/C12H14O3/c1-8-6-10(7-9(2)13)4-5-11(8)12(14)15-3/h4-6H,7H2,1-3H3. The number of methoxy groups -OCH3 is 1. The number of carbonyl (C=O) groups is 2. The van der Waals surface area contributed by atoms with Crippen molar-refractivity contribution in [2.75, 3.05) is 7.11 Å². The van der Waals surface area contributed by atoms with Gasteiger partial charge in [-0.05, 0) is 31.0 Å². The van der Waals surface area contributed by atoms with E-state index in [2.05, 4.69) is 4.74 Å². The Morgan fingerprint density at radius 3 is 2.47 bits per heavy atom. The molecule has 1 aromatic carbocycles. The average molecular weight is 206 g/mol. The quantitative estimate of drug-likeness (QED) is 0.709. The van der Waals surface area contributed by atoms with E-state index in [-0.39, 0.29) is 11.8 Å². The number of aryl methyl sites for hydroxylation is 1. The molecular weight excluding hydrogens is 192 g/mol. The molecule has 0 aromatic heterocycles. The van der Waals surface area contributed by atoms with Crippen molar-refractivity contribution in [3.63, 3.8) is 0 Å². The van der Waals surface area contributed by atoms with Crippen molar-refractivity contribution in [2.24, 2.45) is 0 Å². The Labute approximate surface area is 89.1 Å². The fraction of sp³-hybridized carbons (Fsp3) is 0.333. The highest BCUT2D eigenvalue weighted by molar-refractivity contribution is 5.91. The van der Waals surface area contributed by atoms with E-state index in [4.69, 9.17) is 0 Å². The molecule has 0 fully saturated rings. The molecule has 0 bridgehead atoms. The van der Waals surface area contributed by atoms with E-state index in [1.54, 1.807) is 19.1 Å². The minimum atomic E-state index is -0.345. The molecule has 0 heterocycles. The van der Waals surface area contributed by atoms with Crippen molar-refractivity contribution in [1.29, 1.82) is 0 Å². The largest absolute Gasteiger partial charge is 0.465 e. The minimum Gasteiger partial charge on any atom is -0.465 e. The number of esters is 1. The number of Topliss-reactive ketones (excluding diaryl/α,β-unsaturated/α-hetero) is 1. The highest BCUT2D eigenvalue weighted by Gasteiger charge is 2.09. The SMILES string of the molecule is COC(=O)c1ccc(CC(C)=O)cc1C. The molecule has 0 aliphatic carbocycles. The number of ether oxygens (including phenoxy) is 1. The summed E-state index contributed by atoms with van der Waals surface area (Å²) in [6.07, 6.45) is 0.405. The molecular formula is C12H14O3. The number of benzene rings is 1. The smallest absolute Gasteiger partial charge is 0.338 e. The van der Waals surface area contributed by atoms with E-state index in [9.17, 15) is 9.59 Å². The maximum Gasteiger partial charge on any atom is 0.338 e. The molecule has 1 aromatic rings. The topological polar surface area (TPSA) is 43.4 Å². The first-order valence-corrected chi connectivity index (χ1v) is 4.72. The second-order valence-corrected chi connectivity index (χ2v) is 3.52. The zero-order chi connectivity index (χ0) is 11.4. The van der Waals surface area contributed by atoms with Gasteiger partial charge in [-0.25, -0.2) is 4.79 Å². The molecule has 80 valence electrons. The van der Waals surface area contributed by atoms with Crippen molar-refractivity contribution in [3.8, 4) is 0 Å². The Morgan fingerprint density at radius 2 is 2.00 bits per heavy atom. The molecule has 0 amide bonds. The Hall–Kier alpha value is -1.64. The molecule has 0 N–H and O–H groups in total. The van der Waals surface area contributed by atoms with E-state index in [1.165, 1.54) is 7.11 Å². The van der Waals surface area contributed by atoms with E-state index in [0.29, 0.717) is 12.0 Å². The van der Waals surface area contributed by atoms with Crippen LogP contribution in [-0.4, -0.2) is 18.9 Å². The lowest BCUT2D eigenvalue weighted by Gasteiger charge is -2.05. The first-order chi connectivity index (χ1) is 7.04. The van der Waals surface area contributed by atoms with Gasteiger partial charge in [0.2, 0.25) is 0 Å². The normalized spacial score (nSPS) is 9.80. The van der Waals surface area contributed by atoms with Crippen LogP contribution < -0.4 is 0 Å². The second kappa shape index (κ2) is 4.73. The molecule has 3 heteroatoms. The first kappa shape index (κ1) is 11.4. The van der Waals surface area contributed by atoms with Crippen LogP contribution in [0.3, 0.4) is 0 Å². The monoisotopic (exact) mass is 206 g/mol. The summed E-state index contributed by atoms with van der Waals surface area (Å²) in [5.74, 6) is -0.234. The van der Waals surface area contributed by atoms with E-state index >= 15 is 0 Å². The Bertz CT molecular complexity index is 394. The fourth-order valence-corrected chi connectivity index (χ4v) is 1.46. The van der Waals surface area contributed by atoms with Crippen LogP contribution in [0.25, 0.3) is 0 Å². The molecule has 0 radical (unpaired) electrons. The predicted octanol–water partition coefficient (Wildman–Crippen LogP) is 1.91. The third-order valence-corrected chi connectivity index (χ3v) is 2.15. The van der Waals surface area contributed by atoms with Gasteiger partial charge in [0.25, 0.3) is 0 Å². The van der Waals surface area contributed by atoms with Crippen LogP contribution in [0.15, 0.2) is 18.2 Å². The number of carbonyl (C=O) groups excluding carboxylic acids is 2. The summed E-state index contributed by atoms with van der Waals surface area (Å²) in [4.78, 5) is 22.2. The molecule has 1 rings (SSSR count). The number of rotatable bonds is 3. The van der Waals surface area contributed by atoms with Gasteiger partial charge in [-0.2, -0.15) is 0 Å². The van der Waals surface area contributed by atoms with Crippen LogP contribution in [0.4, 0.5) is 0 Å². The van der Waals surface area contributed by atoms with Crippen molar-refractivity contribution in [3.05, 3.63) is 34.9 Å². The highest BCUT2D eigenvalue weighted by Crippen LogP contribution is 2.12. The van der Waals surface area contributed by atoms with E-state index in [1.807, 2.05) is 13.0 Å². The van der Waals surface area contributed by atoms with Crippen LogP contribution in [0.5, 0.6) is 0 Å². The van der Waals surface area contributed by atoms with Crippen molar-refractivity contribution < 1.29 is 14.3 Å². The first-order valence-electron chi connectivity index (χ1n) is 4.72. The highest BCUT2D eigenvalue weighted by atomic mass is 16.5. The zero-order valence-corrected chi connectivity index (χ0v) is 9.16. The van der Waals surface area contributed by atoms with Gasteiger partial charge in [0.1, 0.15) is 5.78 Å². The Morgan fingerprint density at radius 1 is 1.33 bits per heavy atom. The van der Waals surface area contributed by atoms with Crippen LogP contribution in [-0.2, 0) is 16.0 Å². The fourth-order valence-electron chi connectivity index (χ4n) is 1.46. The molecule has 0 aliphatic rings. The summed E-state index contributed by atoms with van der Waals surface area (Å²) >= 11 is 0. The third-order valence-electron chi connectivity index (χ3n) is 2.15. The number of ketones is 1. The molecule has 0 spiro atoms. The molecule has 0 atom stereocenters. The van der Waals surface area contributed by atoms with Crippen LogP contribution in [0, 0.1) is 6.92 Å². The molecule has 0 saturated heterocycles. The summed E-state index contributed by atoms with van der Waals surface area (Å²) in [6.45, 7) is 3.37. The summed E-state index contributed by atoms with van der Waals surface area (Å²) in [5, 5.41) is 0. The summed E-state index contributed by atoms with van der Waals surface area (Å²) in [6, 6.07) is 5.31. The van der Waals surface area contributed by atoms with Gasteiger partial charge in [0.15, 0.2) is 0 Å². The Kier molecular flexibility index (Phi) is 3.61.